The van der Waals surface area contributed by atoms with E-state index in [1.807, 2.05) is 0 Å². The lowest BCUT2D eigenvalue weighted by Crippen LogP contribution is -2.45. The molecule has 180 valence electrons. The molecule has 0 fully saturated rings. The summed E-state index contributed by atoms with van der Waals surface area (Å²) in [6.45, 7) is 5.31. The van der Waals surface area contributed by atoms with Crippen molar-refractivity contribution < 1.29 is 29.0 Å². The predicted molar refractivity (Wildman–Crippen MR) is 116 cm³/mol. The molecule has 0 aliphatic heterocycles. The van der Waals surface area contributed by atoms with Crippen LogP contribution in [0.15, 0.2) is 11.1 Å². The highest BCUT2D eigenvalue weighted by atomic mass is 16.6. The molecule has 0 spiro atoms. The molecule has 14 heteroatoms. The summed E-state index contributed by atoms with van der Waals surface area (Å²) >= 11 is 0. The highest BCUT2D eigenvalue weighted by Gasteiger charge is 2.24. The van der Waals surface area contributed by atoms with Crippen molar-refractivity contribution in [2.45, 2.75) is 39.8 Å². The molecule has 0 saturated heterocycles. The van der Waals surface area contributed by atoms with Crippen LogP contribution < -0.4 is 10.9 Å². The summed E-state index contributed by atoms with van der Waals surface area (Å²) in [5.41, 5.74) is -1.15. The average Bonchev–Trinajstić information content (AvgIpc) is 3.06. The van der Waals surface area contributed by atoms with Gasteiger partial charge in [-0.05, 0) is 20.8 Å². The third-order valence-electron chi connectivity index (χ3n) is 4.14. The van der Waals surface area contributed by atoms with E-state index in [2.05, 4.69) is 20.3 Å². The van der Waals surface area contributed by atoms with Gasteiger partial charge >= 0.3 is 12.1 Å². The lowest BCUT2D eigenvalue weighted by molar-refractivity contribution is -0.144. The van der Waals surface area contributed by atoms with Crippen molar-refractivity contribution in [3.63, 3.8) is 0 Å². The molecule has 3 N–H and O–H groups in total. The van der Waals surface area contributed by atoms with Crippen LogP contribution in [0.4, 0.5) is 10.7 Å². The van der Waals surface area contributed by atoms with Crippen LogP contribution in [0.3, 0.4) is 0 Å². The molecule has 2 aromatic heterocycles. The Balaban J connectivity index is 2.16. The van der Waals surface area contributed by atoms with Crippen LogP contribution in [0.25, 0.3) is 11.2 Å². The minimum atomic E-state index is -1.23. The van der Waals surface area contributed by atoms with Crippen LogP contribution >= 0.6 is 0 Å². The maximum atomic E-state index is 12.7. The summed E-state index contributed by atoms with van der Waals surface area (Å²) in [6.07, 6.45) is 0.599. The van der Waals surface area contributed by atoms with Gasteiger partial charge in [-0.2, -0.15) is 4.98 Å². The zero-order valence-electron chi connectivity index (χ0n) is 19.0. The van der Waals surface area contributed by atoms with Crippen LogP contribution in [0.5, 0.6) is 0 Å². The fourth-order valence-corrected chi connectivity index (χ4v) is 2.73. The highest BCUT2D eigenvalue weighted by Crippen LogP contribution is 2.10. The van der Waals surface area contributed by atoms with Gasteiger partial charge in [0.1, 0.15) is 18.7 Å². The molecule has 0 aliphatic carbocycles. The van der Waals surface area contributed by atoms with E-state index in [-0.39, 0.29) is 30.2 Å². The average molecular weight is 465 g/mol. The number of aliphatic carboxylic acids is 1. The van der Waals surface area contributed by atoms with Crippen LogP contribution in [-0.2, 0) is 25.7 Å². The number of carbonyl (C=O) groups excluding carboxylic acids is 3. The van der Waals surface area contributed by atoms with E-state index < -0.39 is 48.1 Å². The second-order valence-electron chi connectivity index (χ2n) is 8.25. The van der Waals surface area contributed by atoms with Crippen LogP contribution in [0.2, 0.25) is 0 Å². The van der Waals surface area contributed by atoms with Crippen molar-refractivity contribution >= 4 is 41.0 Å². The minimum Gasteiger partial charge on any atom is -0.480 e. The predicted octanol–water partition coefficient (Wildman–Crippen LogP) is -0.142. The molecule has 0 bridgehead atoms. The first kappa shape index (κ1) is 25.3. The van der Waals surface area contributed by atoms with Gasteiger partial charge in [0.2, 0.25) is 17.8 Å². The summed E-state index contributed by atoms with van der Waals surface area (Å²) in [7, 11) is 1.37. The Kier molecular flexibility index (Phi) is 7.74. The number of aromatic amines is 1. The first-order valence-corrected chi connectivity index (χ1v) is 9.93. The minimum absolute atomic E-state index is 0.0184. The number of ether oxygens (including phenoxy) is 1. The van der Waals surface area contributed by atoms with Crippen molar-refractivity contribution in [3.05, 3.63) is 16.7 Å². The first-order valence-electron chi connectivity index (χ1n) is 9.93. The van der Waals surface area contributed by atoms with Crippen molar-refractivity contribution in [3.8, 4) is 0 Å². The number of anilines is 1. The number of imidazole rings is 1. The van der Waals surface area contributed by atoms with E-state index >= 15 is 0 Å². The SMILES string of the molecule is CC(=O)Nc1nc2c(ncn2CCN(CC(=O)O)C(=O)CN(C)C(=O)OC(C)(C)C)c(=O)[nH]1. The molecule has 14 nitrogen and oxygen atoms in total. The molecule has 0 aromatic carbocycles. The number of carboxylic acid groups (broad SMARTS) is 1. The number of carbonyl (C=O) groups is 4. The van der Waals surface area contributed by atoms with Gasteiger partial charge in [0.05, 0.1) is 6.33 Å². The zero-order chi connectivity index (χ0) is 24.9. The Bertz CT molecular complexity index is 1120. The topological polar surface area (TPSA) is 180 Å². The standard InChI is InChI=1S/C19H27N7O7/c1-11(27)21-17-22-15-14(16(31)23-17)20-10-26(15)7-6-25(9-13(29)30)12(28)8-24(5)18(32)33-19(2,3)4/h10H,6-9H2,1-5H3,(H,29,30)(H2,21,22,23,27,31). The van der Waals surface area contributed by atoms with Crippen LogP contribution in [0, 0.1) is 0 Å². The van der Waals surface area contributed by atoms with E-state index in [9.17, 15) is 29.1 Å². The molecule has 2 rings (SSSR count). The maximum Gasteiger partial charge on any atom is 0.410 e. The number of hydrogen-bond donors (Lipinski definition) is 3. The highest BCUT2D eigenvalue weighted by molar-refractivity contribution is 5.87. The number of hydrogen-bond acceptors (Lipinski definition) is 8. The molecule has 0 radical (unpaired) electrons. The van der Waals surface area contributed by atoms with Gasteiger partial charge < -0.3 is 24.2 Å². The molecular formula is C19H27N7O7. The van der Waals surface area contributed by atoms with E-state index in [1.165, 1.54) is 24.9 Å². The number of nitrogens with zero attached hydrogens (tertiary/aromatic N) is 5. The maximum absolute atomic E-state index is 12.7. The second kappa shape index (κ2) is 10.1. The Morgan fingerprint density at radius 1 is 1.24 bits per heavy atom. The number of likely N-dealkylation sites (N-methyl/N-ethyl adjacent to an activating group) is 1. The summed E-state index contributed by atoms with van der Waals surface area (Å²) in [5.74, 6) is -2.35. The lowest BCUT2D eigenvalue weighted by Gasteiger charge is -2.27. The van der Waals surface area contributed by atoms with E-state index in [1.54, 1.807) is 20.8 Å². The molecule has 33 heavy (non-hydrogen) atoms. The first-order chi connectivity index (χ1) is 15.3. The van der Waals surface area contributed by atoms with Crippen LogP contribution in [-0.4, -0.2) is 90.6 Å². The molecule has 2 heterocycles. The smallest absolute Gasteiger partial charge is 0.410 e. The number of fused-ring (bicyclic) bond motifs is 1. The third-order valence-corrected chi connectivity index (χ3v) is 4.14. The number of nitrogens with one attached hydrogen (secondary N) is 2. The van der Waals surface area contributed by atoms with Gasteiger partial charge in [-0.25, -0.2) is 9.78 Å². The Labute approximate surface area is 188 Å². The summed E-state index contributed by atoms with van der Waals surface area (Å²) in [4.78, 5) is 72.1. The number of aromatic nitrogens is 4. The van der Waals surface area contributed by atoms with Crippen molar-refractivity contribution in [2.75, 3.05) is 32.0 Å². The van der Waals surface area contributed by atoms with Gasteiger partial charge in [0.25, 0.3) is 5.56 Å². The summed E-state index contributed by atoms with van der Waals surface area (Å²) < 4.78 is 6.65. The molecule has 0 atom stereocenters. The molecule has 3 amide bonds. The van der Waals surface area contributed by atoms with E-state index in [0.29, 0.717) is 0 Å². The molecule has 0 aliphatic rings. The molecule has 0 unspecified atom stereocenters. The van der Waals surface area contributed by atoms with Crippen molar-refractivity contribution in [1.29, 1.82) is 0 Å². The molecular weight excluding hydrogens is 438 g/mol. The fraction of sp³-hybridized carbons (Fsp3) is 0.526. The number of rotatable bonds is 8. The quantitative estimate of drug-likeness (QED) is 0.478. The number of amides is 3. The van der Waals surface area contributed by atoms with Crippen molar-refractivity contribution in [2.24, 2.45) is 0 Å². The molecule has 0 saturated carbocycles. The third kappa shape index (κ3) is 7.29. The second-order valence-corrected chi connectivity index (χ2v) is 8.25. The summed E-state index contributed by atoms with van der Waals surface area (Å²) in [5, 5.41) is 11.6. The number of H-pyrrole nitrogens is 1. The summed E-state index contributed by atoms with van der Waals surface area (Å²) in [6, 6.07) is 0. The normalized spacial score (nSPS) is 11.2. The number of carboxylic acids is 1. The van der Waals surface area contributed by atoms with Gasteiger partial charge in [0.15, 0.2) is 11.2 Å². The molecule has 2 aromatic rings. The largest absolute Gasteiger partial charge is 0.480 e. The van der Waals surface area contributed by atoms with Gasteiger partial charge in [0, 0.05) is 27.1 Å². The lowest BCUT2D eigenvalue weighted by atomic mass is 10.2. The zero-order valence-corrected chi connectivity index (χ0v) is 19.0. The monoisotopic (exact) mass is 465 g/mol. The van der Waals surface area contributed by atoms with E-state index in [0.717, 1.165) is 9.80 Å². The Hall–Kier alpha value is -3.97. The fourth-order valence-electron chi connectivity index (χ4n) is 2.73. The van der Waals surface area contributed by atoms with Crippen molar-refractivity contribution in [1.82, 2.24) is 29.3 Å². The Morgan fingerprint density at radius 3 is 2.48 bits per heavy atom. The van der Waals surface area contributed by atoms with Gasteiger partial charge in [-0.3, -0.25) is 29.5 Å². The van der Waals surface area contributed by atoms with Gasteiger partial charge in [-0.1, -0.05) is 0 Å². The Morgan fingerprint density at radius 2 is 1.91 bits per heavy atom. The van der Waals surface area contributed by atoms with Crippen LogP contribution in [0.1, 0.15) is 27.7 Å². The van der Waals surface area contributed by atoms with Gasteiger partial charge in [-0.15, -0.1) is 0 Å². The van der Waals surface area contributed by atoms with E-state index in [4.69, 9.17) is 4.74 Å².